The lowest BCUT2D eigenvalue weighted by Crippen LogP contribution is -2.51. The van der Waals surface area contributed by atoms with E-state index in [1.54, 1.807) is 19.0 Å². The van der Waals surface area contributed by atoms with Crippen LogP contribution in [0.15, 0.2) is 4.99 Å². The molecule has 8 heteroatoms. The van der Waals surface area contributed by atoms with Gasteiger partial charge in [-0.25, -0.2) is 4.99 Å². The van der Waals surface area contributed by atoms with Crippen molar-refractivity contribution in [1.29, 1.82) is 0 Å². The quantitative estimate of drug-likeness (QED) is 0.301. The Kier molecular flexibility index (Phi) is 13.9. The largest absolute Gasteiger partial charge is 0.356 e. The Balaban J connectivity index is 2.57. The summed E-state index contributed by atoms with van der Waals surface area (Å²) < 4.78 is 0. The fraction of sp³-hybridized carbons (Fsp3) is 0.870. The highest BCUT2D eigenvalue weighted by atomic mass is 16.2. The minimum absolute atomic E-state index is 0.00737. The molecule has 1 fully saturated rings. The van der Waals surface area contributed by atoms with E-state index in [0.29, 0.717) is 18.5 Å². The molecule has 31 heavy (non-hydrogen) atoms. The van der Waals surface area contributed by atoms with E-state index < -0.39 is 0 Å². The molecule has 0 spiro atoms. The van der Waals surface area contributed by atoms with Crippen molar-refractivity contribution in [2.45, 2.75) is 71.8 Å². The normalized spacial score (nSPS) is 16.6. The van der Waals surface area contributed by atoms with Crippen LogP contribution in [0.5, 0.6) is 0 Å². The number of carbonyl (C=O) groups is 2. The van der Waals surface area contributed by atoms with E-state index in [4.69, 9.17) is 0 Å². The number of rotatable bonds is 13. The van der Waals surface area contributed by atoms with Crippen molar-refractivity contribution in [1.82, 2.24) is 25.8 Å². The molecule has 3 N–H and O–H groups in total. The minimum Gasteiger partial charge on any atom is -0.356 e. The summed E-state index contributed by atoms with van der Waals surface area (Å²) in [5, 5.41) is 9.96. The Labute approximate surface area is 189 Å². The van der Waals surface area contributed by atoms with Gasteiger partial charge in [0.15, 0.2) is 5.96 Å². The Hall–Kier alpha value is -1.83. The summed E-state index contributed by atoms with van der Waals surface area (Å²) >= 11 is 0. The molecule has 1 aliphatic heterocycles. The molecule has 0 aliphatic carbocycles. The fourth-order valence-corrected chi connectivity index (χ4v) is 3.58. The summed E-state index contributed by atoms with van der Waals surface area (Å²) in [5.74, 6) is 1.44. The molecule has 0 aromatic rings. The number of aliphatic imine (C=N–C) groups is 1. The van der Waals surface area contributed by atoms with Gasteiger partial charge in [-0.05, 0) is 31.6 Å². The van der Waals surface area contributed by atoms with Crippen LogP contribution in [0.25, 0.3) is 0 Å². The number of guanidine groups is 1. The SMILES string of the molecule is CCCCC(CC)CNC(=NCC(=O)N(C)C)NC1CCN(CC(=O)NCCC)CC1. The lowest BCUT2D eigenvalue weighted by molar-refractivity contribution is -0.127. The lowest BCUT2D eigenvalue weighted by Gasteiger charge is -2.33. The molecular weight excluding hydrogens is 392 g/mol. The molecule has 180 valence electrons. The first-order chi connectivity index (χ1) is 14.9. The maximum atomic E-state index is 12.0. The van der Waals surface area contributed by atoms with Gasteiger partial charge < -0.3 is 20.9 Å². The summed E-state index contributed by atoms with van der Waals surface area (Å²) in [4.78, 5) is 32.3. The Morgan fingerprint density at radius 3 is 2.39 bits per heavy atom. The molecule has 1 heterocycles. The second kappa shape index (κ2) is 15.9. The van der Waals surface area contributed by atoms with Crippen LogP contribution < -0.4 is 16.0 Å². The summed E-state index contributed by atoms with van der Waals surface area (Å²) in [6, 6.07) is 0.298. The van der Waals surface area contributed by atoms with Crippen LogP contribution >= 0.6 is 0 Å². The third kappa shape index (κ3) is 12.0. The third-order valence-electron chi connectivity index (χ3n) is 5.84. The number of piperidine rings is 1. The van der Waals surface area contributed by atoms with Gasteiger partial charge in [0.2, 0.25) is 11.8 Å². The predicted molar refractivity (Wildman–Crippen MR) is 128 cm³/mol. The van der Waals surface area contributed by atoms with Crippen LogP contribution in [0.2, 0.25) is 0 Å². The van der Waals surface area contributed by atoms with Crippen molar-refractivity contribution in [3.63, 3.8) is 0 Å². The summed E-state index contributed by atoms with van der Waals surface area (Å²) in [7, 11) is 3.51. The van der Waals surface area contributed by atoms with Gasteiger partial charge >= 0.3 is 0 Å². The highest BCUT2D eigenvalue weighted by Crippen LogP contribution is 2.12. The van der Waals surface area contributed by atoms with E-state index in [1.165, 1.54) is 19.3 Å². The average molecular weight is 439 g/mol. The molecule has 0 aromatic heterocycles. The molecular formula is C23H46N6O2. The van der Waals surface area contributed by atoms with Crippen LogP contribution in [-0.2, 0) is 9.59 Å². The monoisotopic (exact) mass is 438 g/mol. The Morgan fingerprint density at radius 2 is 1.81 bits per heavy atom. The predicted octanol–water partition coefficient (Wildman–Crippen LogP) is 1.82. The second-order valence-electron chi connectivity index (χ2n) is 8.80. The average Bonchev–Trinajstić information content (AvgIpc) is 2.76. The summed E-state index contributed by atoms with van der Waals surface area (Å²) in [5.41, 5.74) is 0. The first-order valence-corrected chi connectivity index (χ1v) is 12.1. The highest BCUT2D eigenvalue weighted by molar-refractivity contribution is 5.85. The maximum Gasteiger partial charge on any atom is 0.243 e. The molecule has 1 saturated heterocycles. The topological polar surface area (TPSA) is 89.1 Å². The summed E-state index contributed by atoms with van der Waals surface area (Å²) in [6.07, 6.45) is 7.66. The molecule has 1 unspecified atom stereocenters. The van der Waals surface area contributed by atoms with Crippen LogP contribution in [0, 0.1) is 5.92 Å². The third-order valence-corrected chi connectivity index (χ3v) is 5.84. The molecule has 1 aliphatic rings. The zero-order chi connectivity index (χ0) is 23.1. The van der Waals surface area contributed by atoms with Crippen LogP contribution in [0.4, 0.5) is 0 Å². The lowest BCUT2D eigenvalue weighted by atomic mass is 9.99. The molecule has 0 aromatic carbocycles. The minimum atomic E-state index is -0.00737. The highest BCUT2D eigenvalue weighted by Gasteiger charge is 2.22. The Morgan fingerprint density at radius 1 is 1.10 bits per heavy atom. The summed E-state index contributed by atoms with van der Waals surface area (Å²) in [6.45, 7) is 10.5. The molecule has 1 atom stereocenters. The van der Waals surface area contributed by atoms with E-state index in [9.17, 15) is 9.59 Å². The number of unbranched alkanes of at least 4 members (excludes halogenated alkanes) is 1. The Bertz CT molecular complexity index is 544. The molecule has 1 rings (SSSR count). The molecule has 2 amide bonds. The number of carbonyl (C=O) groups excluding carboxylic acids is 2. The fourth-order valence-electron chi connectivity index (χ4n) is 3.58. The smallest absolute Gasteiger partial charge is 0.243 e. The number of hydrogen-bond donors (Lipinski definition) is 3. The molecule has 0 bridgehead atoms. The number of nitrogens with zero attached hydrogens (tertiary/aromatic N) is 3. The van der Waals surface area contributed by atoms with Crippen LogP contribution in [-0.4, -0.2) is 87.0 Å². The number of amides is 2. The molecule has 8 nitrogen and oxygen atoms in total. The van der Waals surface area contributed by atoms with Crippen molar-refractivity contribution < 1.29 is 9.59 Å². The zero-order valence-electron chi connectivity index (χ0n) is 20.5. The maximum absolute atomic E-state index is 12.0. The van der Waals surface area contributed by atoms with E-state index in [0.717, 1.165) is 57.8 Å². The van der Waals surface area contributed by atoms with Crippen molar-refractivity contribution in [3.8, 4) is 0 Å². The van der Waals surface area contributed by atoms with E-state index in [-0.39, 0.29) is 18.4 Å². The number of hydrogen-bond acceptors (Lipinski definition) is 4. The van der Waals surface area contributed by atoms with E-state index in [1.807, 2.05) is 0 Å². The first-order valence-electron chi connectivity index (χ1n) is 12.1. The van der Waals surface area contributed by atoms with Crippen LogP contribution in [0.3, 0.4) is 0 Å². The van der Waals surface area contributed by atoms with E-state index >= 15 is 0 Å². The zero-order valence-corrected chi connectivity index (χ0v) is 20.5. The van der Waals surface area contributed by atoms with Gasteiger partial charge in [-0.1, -0.05) is 40.0 Å². The van der Waals surface area contributed by atoms with Gasteiger partial charge in [-0.3, -0.25) is 14.5 Å². The van der Waals surface area contributed by atoms with Gasteiger partial charge in [-0.15, -0.1) is 0 Å². The van der Waals surface area contributed by atoms with Gasteiger partial charge in [0.1, 0.15) is 6.54 Å². The molecule has 0 radical (unpaired) electrons. The van der Waals surface area contributed by atoms with Crippen molar-refractivity contribution in [2.75, 3.05) is 53.4 Å². The standard InChI is InChI=1S/C23H46N6O2/c1-6-9-10-19(8-3)16-25-23(26-17-22(31)28(4)5)27-20-11-14-29(15-12-20)18-21(30)24-13-7-2/h19-20H,6-18H2,1-5H3,(H,24,30)(H2,25,26,27). The van der Waals surface area contributed by atoms with Crippen LogP contribution in [0.1, 0.15) is 65.7 Å². The number of likely N-dealkylation sites (N-methyl/N-ethyl adjacent to an activating group) is 1. The van der Waals surface area contributed by atoms with Crippen molar-refractivity contribution in [3.05, 3.63) is 0 Å². The van der Waals surface area contributed by atoms with Gasteiger partial charge in [0.05, 0.1) is 6.54 Å². The van der Waals surface area contributed by atoms with Crippen molar-refractivity contribution in [2.24, 2.45) is 10.9 Å². The van der Waals surface area contributed by atoms with Gasteiger partial charge in [0.25, 0.3) is 0 Å². The van der Waals surface area contributed by atoms with Gasteiger partial charge in [-0.2, -0.15) is 0 Å². The van der Waals surface area contributed by atoms with Gasteiger partial charge in [0, 0.05) is 46.3 Å². The van der Waals surface area contributed by atoms with Crippen molar-refractivity contribution >= 4 is 17.8 Å². The van der Waals surface area contributed by atoms with E-state index in [2.05, 4.69) is 46.6 Å². The second-order valence-corrected chi connectivity index (χ2v) is 8.80. The number of nitrogens with one attached hydrogen (secondary N) is 3. The molecule has 0 saturated carbocycles. The number of likely N-dealkylation sites (tertiary alicyclic amines) is 1. The first kappa shape index (κ1) is 27.2.